The molecule has 1 aromatic carbocycles. The van der Waals surface area contributed by atoms with Gasteiger partial charge in [-0.3, -0.25) is 0 Å². The number of benzene rings is 1. The van der Waals surface area contributed by atoms with E-state index in [2.05, 4.69) is 26.6 Å². The minimum absolute atomic E-state index is 0.161. The number of halogens is 1. The third-order valence-corrected chi connectivity index (χ3v) is 3.59. The molecule has 1 fully saturated rings. The molecule has 0 unspecified atom stereocenters. The molecule has 2 amide bonds. The van der Waals surface area contributed by atoms with E-state index in [1.54, 1.807) is 0 Å². The van der Waals surface area contributed by atoms with Crippen LogP contribution in [-0.4, -0.2) is 25.3 Å². The molecule has 5 heteroatoms. The van der Waals surface area contributed by atoms with Gasteiger partial charge in [0.2, 0.25) is 0 Å². The Morgan fingerprint density at radius 3 is 2.78 bits per heavy atom. The summed E-state index contributed by atoms with van der Waals surface area (Å²) in [4.78, 5) is 11.8. The molecule has 1 saturated heterocycles. The highest BCUT2D eigenvalue weighted by Crippen LogP contribution is 2.23. The molecule has 4 nitrogen and oxygen atoms in total. The van der Waals surface area contributed by atoms with Gasteiger partial charge in [0.05, 0.1) is 5.69 Å². The van der Waals surface area contributed by atoms with Crippen LogP contribution >= 0.6 is 15.9 Å². The predicted molar refractivity (Wildman–Crippen MR) is 74.9 cm³/mol. The van der Waals surface area contributed by atoms with Crippen molar-refractivity contribution in [3.8, 4) is 0 Å². The standard InChI is InChI=1S/C13H17BrN2O2/c1-9-2-3-12(11(14)8-9)16-13(17)15-10-4-6-18-7-5-10/h2-3,8,10H,4-7H2,1H3,(H2,15,16,17). The molecule has 0 saturated carbocycles. The molecule has 0 aliphatic carbocycles. The lowest BCUT2D eigenvalue weighted by Crippen LogP contribution is -2.41. The fraction of sp³-hybridized carbons (Fsp3) is 0.462. The van der Waals surface area contributed by atoms with Gasteiger partial charge in [0.1, 0.15) is 0 Å². The summed E-state index contributed by atoms with van der Waals surface area (Å²) in [5.74, 6) is 0. The van der Waals surface area contributed by atoms with Crippen LogP contribution in [0.15, 0.2) is 22.7 Å². The Morgan fingerprint density at radius 1 is 1.39 bits per heavy atom. The average molecular weight is 313 g/mol. The van der Waals surface area contributed by atoms with E-state index >= 15 is 0 Å². The van der Waals surface area contributed by atoms with Crippen LogP contribution in [0.25, 0.3) is 0 Å². The molecule has 1 heterocycles. The summed E-state index contributed by atoms with van der Waals surface area (Å²) >= 11 is 3.44. The Labute approximate surface area is 115 Å². The molecule has 1 aliphatic rings. The van der Waals surface area contributed by atoms with Gasteiger partial charge in [-0.05, 0) is 53.4 Å². The van der Waals surface area contributed by atoms with E-state index < -0.39 is 0 Å². The third-order valence-electron chi connectivity index (χ3n) is 2.93. The molecule has 1 aliphatic heterocycles. The van der Waals surface area contributed by atoms with Crippen LogP contribution in [0.3, 0.4) is 0 Å². The van der Waals surface area contributed by atoms with Crippen LogP contribution in [0, 0.1) is 6.92 Å². The zero-order chi connectivity index (χ0) is 13.0. The van der Waals surface area contributed by atoms with Crippen LogP contribution in [-0.2, 0) is 4.74 Å². The summed E-state index contributed by atoms with van der Waals surface area (Å²) in [5, 5.41) is 5.81. The van der Waals surface area contributed by atoms with Crippen molar-refractivity contribution in [3.05, 3.63) is 28.2 Å². The van der Waals surface area contributed by atoms with E-state index in [9.17, 15) is 4.79 Å². The van der Waals surface area contributed by atoms with Gasteiger partial charge in [-0.2, -0.15) is 0 Å². The van der Waals surface area contributed by atoms with Crippen molar-refractivity contribution < 1.29 is 9.53 Å². The van der Waals surface area contributed by atoms with Gasteiger partial charge in [-0.1, -0.05) is 6.07 Å². The van der Waals surface area contributed by atoms with Gasteiger partial charge in [0, 0.05) is 23.7 Å². The number of anilines is 1. The smallest absolute Gasteiger partial charge is 0.319 e. The Morgan fingerprint density at radius 2 is 2.11 bits per heavy atom. The third kappa shape index (κ3) is 3.71. The molecule has 2 rings (SSSR count). The summed E-state index contributed by atoms with van der Waals surface area (Å²) in [7, 11) is 0. The SMILES string of the molecule is Cc1ccc(NC(=O)NC2CCOCC2)c(Br)c1. The van der Waals surface area contributed by atoms with Crippen molar-refractivity contribution >= 4 is 27.6 Å². The largest absolute Gasteiger partial charge is 0.381 e. The second-order valence-electron chi connectivity index (χ2n) is 4.47. The summed E-state index contributed by atoms with van der Waals surface area (Å²) in [6, 6.07) is 5.89. The summed E-state index contributed by atoms with van der Waals surface area (Å²) in [6.45, 7) is 3.45. The van der Waals surface area contributed by atoms with Crippen molar-refractivity contribution in [2.45, 2.75) is 25.8 Å². The molecule has 0 spiro atoms. The van der Waals surface area contributed by atoms with E-state index in [-0.39, 0.29) is 12.1 Å². The minimum Gasteiger partial charge on any atom is -0.381 e. The lowest BCUT2D eigenvalue weighted by atomic mass is 10.1. The monoisotopic (exact) mass is 312 g/mol. The fourth-order valence-electron chi connectivity index (χ4n) is 1.91. The van der Waals surface area contributed by atoms with Gasteiger partial charge in [0.25, 0.3) is 0 Å². The van der Waals surface area contributed by atoms with Gasteiger partial charge in [-0.15, -0.1) is 0 Å². The molecule has 2 N–H and O–H groups in total. The number of carbonyl (C=O) groups excluding carboxylic acids is 1. The van der Waals surface area contributed by atoms with Crippen LogP contribution in [0.2, 0.25) is 0 Å². The lowest BCUT2D eigenvalue weighted by molar-refractivity contribution is 0.0806. The number of hydrogen-bond donors (Lipinski definition) is 2. The highest BCUT2D eigenvalue weighted by atomic mass is 79.9. The summed E-state index contributed by atoms with van der Waals surface area (Å²) < 4.78 is 6.15. The number of hydrogen-bond acceptors (Lipinski definition) is 2. The summed E-state index contributed by atoms with van der Waals surface area (Å²) in [5.41, 5.74) is 1.93. The molecular formula is C13H17BrN2O2. The quantitative estimate of drug-likeness (QED) is 0.881. The normalized spacial score (nSPS) is 16.3. The zero-order valence-electron chi connectivity index (χ0n) is 10.3. The van der Waals surface area contributed by atoms with E-state index in [4.69, 9.17) is 4.74 Å². The van der Waals surface area contributed by atoms with E-state index in [1.165, 1.54) is 0 Å². The van der Waals surface area contributed by atoms with Gasteiger partial charge >= 0.3 is 6.03 Å². The number of rotatable bonds is 2. The van der Waals surface area contributed by atoms with Gasteiger partial charge < -0.3 is 15.4 Å². The van der Waals surface area contributed by atoms with Gasteiger partial charge in [0.15, 0.2) is 0 Å². The molecular weight excluding hydrogens is 296 g/mol. The zero-order valence-corrected chi connectivity index (χ0v) is 11.9. The van der Waals surface area contributed by atoms with E-state index in [1.807, 2.05) is 25.1 Å². The first-order valence-electron chi connectivity index (χ1n) is 6.06. The van der Waals surface area contributed by atoms with Crippen LogP contribution in [0.5, 0.6) is 0 Å². The van der Waals surface area contributed by atoms with E-state index in [0.717, 1.165) is 41.8 Å². The maximum absolute atomic E-state index is 11.8. The minimum atomic E-state index is -0.161. The molecule has 98 valence electrons. The van der Waals surface area contributed by atoms with Crippen molar-refractivity contribution in [1.82, 2.24) is 5.32 Å². The summed E-state index contributed by atoms with van der Waals surface area (Å²) in [6.07, 6.45) is 1.75. The second kappa shape index (κ2) is 6.20. The molecule has 0 bridgehead atoms. The maximum Gasteiger partial charge on any atom is 0.319 e. The first-order valence-corrected chi connectivity index (χ1v) is 6.86. The van der Waals surface area contributed by atoms with Crippen molar-refractivity contribution in [2.24, 2.45) is 0 Å². The molecule has 0 radical (unpaired) electrons. The highest BCUT2D eigenvalue weighted by molar-refractivity contribution is 9.10. The first kappa shape index (κ1) is 13.4. The van der Waals surface area contributed by atoms with Crippen molar-refractivity contribution in [3.63, 3.8) is 0 Å². The molecule has 1 aromatic rings. The predicted octanol–water partition coefficient (Wildman–Crippen LogP) is 3.06. The van der Waals surface area contributed by atoms with Gasteiger partial charge in [-0.25, -0.2) is 4.79 Å². The molecule has 18 heavy (non-hydrogen) atoms. The number of carbonyl (C=O) groups is 1. The molecule has 0 aromatic heterocycles. The average Bonchev–Trinajstić information content (AvgIpc) is 2.34. The number of ether oxygens (including phenoxy) is 1. The Kier molecular flexibility index (Phi) is 4.60. The highest BCUT2D eigenvalue weighted by Gasteiger charge is 2.16. The number of urea groups is 1. The maximum atomic E-state index is 11.8. The van der Waals surface area contributed by atoms with Crippen molar-refractivity contribution in [1.29, 1.82) is 0 Å². The van der Waals surface area contributed by atoms with Crippen LogP contribution in [0.4, 0.5) is 10.5 Å². The molecule has 0 atom stereocenters. The van der Waals surface area contributed by atoms with Crippen LogP contribution < -0.4 is 10.6 Å². The second-order valence-corrected chi connectivity index (χ2v) is 5.32. The Hall–Kier alpha value is -1.07. The first-order chi connectivity index (χ1) is 8.65. The number of amides is 2. The fourth-order valence-corrected chi connectivity index (χ4v) is 2.50. The van der Waals surface area contributed by atoms with Crippen molar-refractivity contribution in [2.75, 3.05) is 18.5 Å². The topological polar surface area (TPSA) is 50.4 Å². The van der Waals surface area contributed by atoms with E-state index in [0.29, 0.717) is 0 Å². The Bertz CT molecular complexity index is 431. The number of aryl methyl sites for hydroxylation is 1. The van der Waals surface area contributed by atoms with Crippen LogP contribution in [0.1, 0.15) is 18.4 Å². The Balaban J connectivity index is 1.90. The number of nitrogens with one attached hydrogen (secondary N) is 2. The lowest BCUT2D eigenvalue weighted by Gasteiger charge is -2.23.